The van der Waals surface area contributed by atoms with Crippen LogP contribution in [0.2, 0.25) is 10.0 Å². The topological polar surface area (TPSA) is 46.6 Å². The van der Waals surface area contributed by atoms with Gasteiger partial charge >= 0.3 is 5.97 Å². The summed E-state index contributed by atoms with van der Waals surface area (Å²) in [6.07, 6.45) is 1.21. The van der Waals surface area contributed by atoms with Gasteiger partial charge in [-0.25, -0.2) is 4.79 Å². The van der Waals surface area contributed by atoms with E-state index in [-0.39, 0.29) is 18.1 Å². The smallest absolute Gasteiger partial charge is 0.331 e. The lowest BCUT2D eigenvalue weighted by Crippen LogP contribution is -2.20. The quantitative estimate of drug-likeness (QED) is 0.591. The maximum atomic E-state index is 12.9. The number of anilines is 2. The largest absolute Gasteiger partial charge is 0.463 e. The zero-order chi connectivity index (χ0) is 17.3. The Bertz CT molecular complexity index is 844. The van der Waals surface area contributed by atoms with Gasteiger partial charge in [-0.15, -0.1) is 0 Å². The number of carbonyl (C=O) groups excluding carboxylic acids is 2. The van der Waals surface area contributed by atoms with E-state index in [0.29, 0.717) is 27.0 Å². The molecule has 0 radical (unpaired) electrons. The first-order valence-electron chi connectivity index (χ1n) is 7.29. The van der Waals surface area contributed by atoms with Crippen LogP contribution in [0.3, 0.4) is 0 Å². The van der Waals surface area contributed by atoms with Crippen LogP contribution in [-0.2, 0) is 14.3 Å². The summed E-state index contributed by atoms with van der Waals surface area (Å²) in [5, 5.41) is 1.05. The van der Waals surface area contributed by atoms with Crippen molar-refractivity contribution in [1.29, 1.82) is 0 Å². The Morgan fingerprint density at radius 1 is 1.12 bits per heavy atom. The zero-order valence-electron chi connectivity index (χ0n) is 12.8. The van der Waals surface area contributed by atoms with Crippen molar-refractivity contribution in [3.8, 4) is 0 Å². The van der Waals surface area contributed by atoms with E-state index in [2.05, 4.69) is 0 Å². The molecule has 1 aliphatic rings. The number of rotatable bonds is 3. The maximum Gasteiger partial charge on any atom is 0.331 e. The molecule has 0 aromatic heterocycles. The van der Waals surface area contributed by atoms with E-state index in [4.69, 9.17) is 27.9 Å². The Hall–Kier alpha value is -2.30. The monoisotopic (exact) mass is 361 g/mol. The van der Waals surface area contributed by atoms with Gasteiger partial charge in [-0.05, 0) is 49.4 Å². The van der Waals surface area contributed by atoms with Gasteiger partial charge < -0.3 is 4.74 Å². The Morgan fingerprint density at radius 2 is 1.79 bits per heavy atom. The Morgan fingerprint density at radius 3 is 2.46 bits per heavy atom. The minimum Gasteiger partial charge on any atom is -0.463 e. The molecule has 4 nitrogen and oxygen atoms in total. The average Bonchev–Trinajstić information content (AvgIpc) is 2.81. The Labute approximate surface area is 149 Å². The molecule has 2 aromatic rings. The van der Waals surface area contributed by atoms with Crippen molar-refractivity contribution in [2.75, 3.05) is 11.5 Å². The van der Waals surface area contributed by atoms with Crippen LogP contribution in [0.5, 0.6) is 0 Å². The molecule has 0 N–H and O–H groups in total. The SMILES string of the molecule is CCOC(=O)/C=C1/C(=O)N(c2ccc(Cl)cc2)c2ccc(Cl)cc21. The van der Waals surface area contributed by atoms with Gasteiger partial charge in [-0.2, -0.15) is 0 Å². The van der Waals surface area contributed by atoms with Crippen molar-refractivity contribution in [2.24, 2.45) is 0 Å². The predicted octanol–water partition coefficient (Wildman–Crippen LogP) is 4.62. The van der Waals surface area contributed by atoms with Crippen LogP contribution in [0.1, 0.15) is 12.5 Å². The molecule has 1 aliphatic heterocycles. The molecule has 3 rings (SSSR count). The van der Waals surface area contributed by atoms with Gasteiger partial charge in [-0.1, -0.05) is 23.2 Å². The van der Waals surface area contributed by atoms with Crippen molar-refractivity contribution < 1.29 is 14.3 Å². The van der Waals surface area contributed by atoms with Crippen molar-refractivity contribution in [1.82, 2.24) is 0 Å². The molecule has 1 heterocycles. The van der Waals surface area contributed by atoms with E-state index < -0.39 is 5.97 Å². The van der Waals surface area contributed by atoms with Gasteiger partial charge in [0.25, 0.3) is 5.91 Å². The number of ether oxygens (including phenoxy) is 1. The van der Waals surface area contributed by atoms with Crippen molar-refractivity contribution in [3.05, 3.63) is 64.1 Å². The summed E-state index contributed by atoms with van der Waals surface area (Å²) >= 11 is 12.0. The van der Waals surface area contributed by atoms with E-state index in [1.165, 1.54) is 11.0 Å². The second-order valence-corrected chi connectivity index (χ2v) is 5.96. The summed E-state index contributed by atoms with van der Waals surface area (Å²) in [5.74, 6) is -0.882. The molecular formula is C18H13Cl2NO3. The molecular weight excluding hydrogens is 349 g/mol. The number of hydrogen-bond acceptors (Lipinski definition) is 3. The molecule has 0 saturated carbocycles. The number of esters is 1. The second-order valence-electron chi connectivity index (χ2n) is 5.09. The fourth-order valence-electron chi connectivity index (χ4n) is 2.55. The zero-order valence-corrected chi connectivity index (χ0v) is 14.3. The molecule has 2 aromatic carbocycles. The number of carbonyl (C=O) groups is 2. The van der Waals surface area contributed by atoms with E-state index in [0.717, 1.165) is 0 Å². The first-order chi connectivity index (χ1) is 11.5. The van der Waals surface area contributed by atoms with Crippen LogP contribution < -0.4 is 4.90 Å². The summed E-state index contributed by atoms with van der Waals surface area (Å²) in [5.41, 5.74) is 2.15. The van der Waals surface area contributed by atoms with Gasteiger partial charge in [0.05, 0.1) is 17.9 Å². The molecule has 0 spiro atoms. The summed E-state index contributed by atoms with van der Waals surface area (Å²) < 4.78 is 4.92. The van der Waals surface area contributed by atoms with Crippen molar-refractivity contribution in [2.45, 2.75) is 6.92 Å². The van der Waals surface area contributed by atoms with E-state index >= 15 is 0 Å². The van der Waals surface area contributed by atoms with E-state index in [9.17, 15) is 9.59 Å². The minimum absolute atomic E-state index is 0.236. The highest BCUT2D eigenvalue weighted by molar-refractivity contribution is 6.38. The number of nitrogens with zero attached hydrogens (tertiary/aromatic N) is 1. The Balaban J connectivity index is 2.12. The lowest BCUT2D eigenvalue weighted by Gasteiger charge is -2.17. The molecule has 0 fully saturated rings. The van der Waals surface area contributed by atoms with Crippen LogP contribution in [0.15, 0.2) is 48.5 Å². The number of halogens is 2. The number of amides is 1. The number of hydrogen-bond donors (Lipinski definition) is 0. The molecule has 0 saturated heterocycles. The highest BCUT2D eigenvalue weighted by Crippen LogP contribution is 2.42. The van der Waals surface area contributed by atoms with Crippen LogP contribution in [-0.4, -0.2) is 18.5 Å². The van der Waals surface area contributed by atoms with Crippen LogP contribution in [0.4, 0.5) is 11.4 Å². The summed E-state index contributed by atoms with van der Waals surface area (Å²) in [6, 6.07) is 12.0. The van der Waals surface area contributed by atoms with Crippen LogP contribution in [0, 0.1) is 0 Å². The molecule has 122 valence electrons. The fraction of sp³-hybridized carbons (Fsp3) is 0.111. The van der Waals surface area contributed by atoms with Crippen LogP contribution >= 0.6 is 23.2 Å². The first kappa shape index (κ1) is 16.6. The molecule has 1 amide bonds. The number of benzene rings is 2. The molecule has 0 aliphatic carbocycles. The highest BCUT2D eigenvalue weighted by Gasteiger charge is 2.34. The van der Waals surface area contributed by atoms with Crippen molar-refractivity contribution in [3.63, 3.8) is 0 Å². The second kappa shape index (κ2) is 6.67. The minimum atomic E-state index is -0.565. The molecule has 6 heteroatoms. The molecule has 0 bridgehead atoms. The maximum absolute atomic E-state index is 12.9. The van der Waals surface area contributed by atoms with Crippen LogP contribution in [0.25, 0.3) is 5.57 Å². The third-order valence-corrected chi connectivity index (χ3v) is 4.04. The highest BCUT2D eigenvalue weighted by atomic mass is 35.5. The molecule has 24 heavy (non-hydrogen) atoms. The standard InChI is InChI=1S/C18H13Cl2NO3/c1-2-24-17(22)10-15-14-9-12(20)5-8-16(14)21(18(15)23)13-6-3-11(19)4-7-13/h3-10H,2H2,1H3/b15-10+. The third kappa shape index (κ3) is 3.03. The summed E-state index contributed by atoms with van der Waals surface area (Å²) in [4.78, 5) is 26.2. The fourth-order valence-corrected chi connectivity index (χ4v) is 2.85. The lowest BCUT2D eigenvalue weighted by atomic mass is 10.1. The van der Waals surface area contributed by atoms with Gasteiger partial charge in [0, 0.05) is 27.4 Å². The lowest BCUT2D eigenvalue weighted by molar-refractivity contribution is -0.137. The van der Waals surface area contributed by atoms with Crippen molar-refractivity contribution >= 4 is 52.0 Å². The molecule has 0 unspecified atom stereocenters. The molecule has 0 atom stereocenters. The average molecular weight is 362 g/mol. The number of fused-ring (bicyclic) bond motifs is 1. The normalized spacial score (nSPS) is 14.9. The van der Waals surface area contributed by atoms with Gasteiger partial charge in [0.2, 0.25) is 0 Å². The van der Waals surface area contributed by atoms with Gasteiger partial charge in [-0.3, -0.25) is 9.69 Å². The summed E-state index contributed by atoms with van der Waals surface area (Å²) in [6.45, 7) is 1.94. The van der Waals surface area contributed by atoms with Gasteiger partial charge in [0.15, 0.2) is 0 Å². The summed E-state index contributed by atoms with van der Waals surface area (Å²) in [7, 11) is 0. The predicted molar refractivity (Wildman–Crippen MR) is 94.7 cm³/mol. The van der Waals surface area contributed by atoms with Gasteiger partial charge in [0.1, 0.15) is 0 Å². The first-order valence-corrected chi connectivity index (χ1v) is 8.05. The third-order valence-electron chi connectivity index (χ3n) is 3.56. The Kier molecular flexibility index (Phi) is 4.60. The van der Waals surface area contributed by atoms with E-state index in [1.54, 1.807) is 49.4 Å². The van der Waals surface area contributed by atoms with E-state index in [1.807, 2.05) is 0 Å².